The highest BCUT2D eigenvalue weighted by molar-refractivity contribution is 8.00. The second-order valence-electron chi connectivity index (χ2n) is 3.72. The molecule has 17 heavy (non-hydrogen) atoms. The molecule has 0 saturated heterocycles. The molecule has 0 aliphatic carbocycles. The monoisotopic (exact) mass is 252 g/mol. The molecule has 0 radical (unpaired) electrons. The number of ether oxygens (including phenoxy) is 1. The van der Waals surface area contributed by atoms with Gasteiger partial charge in [-0.25, -0.2) is 0 Å². The van der Waals surface area contributed by atoms with Crippen LogP contribution in [0.1, 0.15) is 18.4 Å². The summed E-state index contributed by atoms with van der Waals surface area (Å²) < 4.78 is 4.48. The number of carbonyl (C=O) groups excluding carboxylic acids is 2. The van der Waals surface area contributed by atoms with Gasteiger partial charge in [-0.3, -0.25) is 9.59 Å². The van der Waals surface area contributed by atoms with E-state index < -0.39 is 0 Å². The summed E-state index contributed by atoms with van der Waals surface area (Å²) in [5.74, 6) is 0.140. The second-order valence-corrected chi connectivity index (χ2v) is 4.77. The molecule has 0 aromatic heterocycles. The van der Waals surface area contributed by atoms with Crippen molar-refractivity contribution in [1.82, 2.24) is 0 Å². The third-order valence-corrected chi connectivity index (χ3v) is 3.28. The Morgan fingerprint density at radius 3 is 2.71 bits per heavy atom. The molecule has 0 heterocycles. The molecule has 3 nitrogen and oxygen atoms in total. The minimum Gasteiger partial charge on any atom is -0.469 e. The number of rotatable bonds is 6. The molecule has 0 unspecified atom stereocenters. The van der Waals surface area contributed by atoms with Crippen molar-refractivity contribution in [2.75, 3.05) is 12.9 Å². The SMILES string of the molecule is COC(=O)CCC(=O)CSc1cccc(C)c1. The van der Waals surface area contributed by atoms with Crippen LogP contribution in [0.15, 0.2) is 29.2 Å². The first-order valence-corrected chi connectivity index (χ1v) is 6.38. The molecule has 92 valence electrons. The summed E-state index contributed by atoms with van der Waals surface area (Å²) in [6.45, 7) is 2.02. The van der Waals surface area contributed by atoms with Crippen molar-refractivity contribution < 1.29 is 14.3 Å². The third kappa shape index (κ3) is 5.54. The number of methoxy groups -OCH3 is 1. The predicted octanol–water partition coefficient (Wildman–Crippen LogP) is 2.61. The van der Waals surface area contributed by atoms with Crippen molar-refractivity contribution in [1.29, 1.82) is 0 Å². The molecule has 1 aromatic rings. The van der Waals surface area contributed by atoms with E-state index in [-0.39, 0.29) is 24.6 Å². The van der Waals surface area contributed by atoms with Crippen molar-refractivity contribution in [2.45, 2.75) is 24.7 Å². The Bertz CT molecular complexity index is 401. The van der Waals surface area contributed by atoms with Gasteiger partial charge in [0.1, 0.15) is 5.78 Å². The lowest BCUT2D eigenvalue weighted by molar-refractivity contribution is -0.141. The molecule has 0 amide bonds. The Balaban J connectivity index is 2.31. The lowest BCUT2D eigenvalue weighted by atomic mass is 10.2. The van der Waals surface area contributed by atoms with Gasteiger partial charge < -0.3 is 4.74 Å². The molecular formula is C13H16O3S. The van der Waals surface area contributed by atoms with Crippen LogP contribution < -0.4 is 0 Å². The topological polar surface area (TPSA) is 43.4 Å². The Morgan fingerprint density at radius 2 is 2.06 bits per heavy atom. The fourth-order valence-corrected chi connectivity index (χ4v) is 2.20. The molecule has 0 spiro atoms. The lowest BCUT2D eigenvalue weighted by Gasteiger charge is -2.02. The van der Waals surface area contributed by atoms with E-state index in [4.69, 9.17) is 0 Å². The average molecular weight is 252 g/mol. The highest BCUT2D eigenvalue weighted by atomic mass is 32.2. The van der Waals surface area contributed by atoms with Gasteiger partial charge in [-0.1, -0.05) is 17.7 Å². The van der Waals surface area contributed by atoms with Crippen molar-refractivity contribution in [3.05, 3.63) is 29.8 Å². The fourth-order valence-electron chi connectivity index (χ4n) is 1.28. The van der Waals surface area contributed by atoms with Gasteiger partial charge in [-0.05, 0) is 19.1 Å². The molecule has 0 N–H and O–H groups in total. The number of thioether (sulfide) groups is 1. The number of hydrogen-bond donors (Lipinski definition) is 0. The highest BCUT2D eigenvalue weighted by Crippen LogP contribution is 2.19. The van der Waals surface area contributed by atoms with Crippen LogP contribution in [0.5, 0.6) is 0 Å². The Hall–Kier alpha value is -1.29. The molecule has 4 heteroatoms. The van der Waals surface area contributed by atoms with E-state index in [2.05, 4.69) is 4.74 Å². The van der Waals surface area contributed by atoms with Gasteiger partial charge in [0.25, 0.3) is 0 Å². The summed E-state index contributed by atoms with van der Waals surface area (Å²) in [5.41, 5.74) is 1.18. The maximum absolute atomic E-state index is 11.5. The Labute approximate surface area is 106 Å². The average Bonchev–Trinajstić information content (AvgIpc) is 2.33. The summed E-state index contributed by atoms with van der Waals surface area (Å²) in [6.07, 6.45) is 0.426. The number of esters is 1. The molecular weight excluding hydrogens is 236 g/mol. The minimum absolute atomic E-state index is 0.0712. The Kier molecular flexibility index (Phi) is 5.77. The Morgan fingerprint density at radius 1 is 1.29 bits per heavy atom. The van der Waals surface area contributed by atoms with Gasteiger partial charge in [0, 0.05) is 11.3 Å². The van der Waals surface area contributed by atoms with Gasteiger partial charge in [0.05, 0.1) is 19.3 Å². The van der Waals surface area contributed by atoms with Gasteiger partial charge in [-0.2, -0.15) is 0 Å². The van der Waals surface area contributed by atoms with E-state index in [1.807, 2.05) is 31.2 Å². The van der Waals surface area contributed by atoms with Crippen molar-refractivity contribution in [3.8, 4) is 0 Å². The number of carbonyl (C=O) groups is 2. The quantitative estimate of drug-likeness (QED) is 0.576. The van der Waals surface area contributed by atoms with E-state index >= 15 is 0 Å². The van der Waals surface area contributed by atoms with Crippen molar-refractivity contribution in [3.63, 3.8) is 0 Å². The number of Topliss-reactive ketones (excluding diaryl/α,β-unsaturated/α-hetero) is 1. The zero-order valence-electron chi connectivity index (χ0n) is 10.1. The largest absolute Gasteiger partial charge is 0.469 e. The predicted molar refractivity (Wildman–Crippen MR) is 68.2 cm³/mol. The summed E-state index contributed by atoms with van der Waals surface area (Å²) in [4.78, 5) is 23.4. The number of ketones is 1. The first-order chi connectivity index (χ1) is 8.11. The standard InChI is InChI=1S/C13H16O3S/c1-10-4-3-5-12(8-10)17-9-11(14)6-7-13(15)16-2/h3-5,8H,6-7,9H2,1-2H3. The first kappa shape index (κ1) is 13.8. The molecule has 1 rings (SSSR count). The van der Waals surface area contributed by atoms with Crippen molar-refractivity contribution in [2.24, 2.45) is 0 Å². The van der Waals surface area contributed by atoms with Gasteiger partial charge >= 0.3 is 5.97 Å². The molecule has 0 saturated carbocycles. The summed E-state index contributed by atoms with van der Waals surface area (Å²) in [6, 6.07) is 8.00. The number of aryl methyl sites for hydroxylation is 1. The maximum atomic E-state index is 11.5. The maximum Gasteiger partial charge on any atom is 0.305 e. The fraction of sp³-hybridized carbons (Fsp3) is 0.385. The van der Waals surface area contributed by atoms with Gasteiger partial charge in [0.2, 0.25) is 0 Å². The minimum atomic E-state index is -0.334. The van der Waals surface area contributed by atoms with Crippen LogP contribution in [0.25, 0.3) is 0 Å². The number of hydrogen-bond acceptors (Lipinski definition) is 4. The normalized spacial score (nSPS) is 10.0. The number of benzene rings is 1. The van der Waals surface area contributed by atoms with E-state index in [9.17, 15) is 9.59 Å². The van der Waals surface area contributed by atoms with Gasteiger partial charge in [-0.15, -0.1) is 11.8 Å². The summed E-state index contributed by atoms with van der Waals surface area (Å²) in [5, 5.41) is 0. The van der Waals surface area contributed by atoms with E-state index in [0.29, 0.717) is 5.75 Å². The molecule has 0 atom stereocenters. The third-order valence-electron chi connectivity index (χ3n) is 2.22. The summed E-state index contributed by atoms with van der Waals surface area (Å²) in [7, 11) is 1.33. The lowest BCUT2D eigenvalue weighted by Crippen LogP contribution is -2.07. The van der Waals surface area contributed by atoms with Crippen LogP contribution in [-0.4, -0.2) is 24.6 Å². The van der Waals surface area contributed by atoms with Crippen LogP contribution >= 0.6 is 11.8 Å². The molecule has 0 bridgehead atoms. The molecule has 0 fully saturated rings. The van der Waals surface area contributed by atoms with Crippen molar-refractivity contribution >= 4 is 23.5 Å². The van der Waals surface area contributed by atoms with E-state index in [0.717, 1.165) is 4.90 Å². The van der Waals surface area contributed by atoms with Crippen LogP contribution in [0.2, 0.25) is 0 Å². The molecule has 0 aliphatic rings. The van der Waals surface area contributed by atoms with Crippen LogP contribution in [0, 0.1) is 6.92 Å². The van der Waals surface area contributed by atoms with Gasteiger partial charge in [0.15, 0.2) is 0 Å². The van der Waals surface area contributed by atoms with E-state index in [1.165, 1.54) is 24.4 Å². The highest BCUT2D eigenvalue weighted by Gasteiger charge is 2.07. The van der Waals surface area contributed by atoms with E-state index in [1.54, 1.807) is 0 Å². The first-order valence-electron chi connectivity index (χ1n) is 5.40. The van der Waals surface area contributed by atoms with Crippen LogP contribution in [-0.2, 0) is 14.3 Å². The molecule has 0 aliphatic heterocycles. The second kappa shape index (κ2) is 7.12. The molecule has 1 aromatic carbocycles. The summed E-state index contributed by atoms with van der Waals surface area (Å²) >= 11 is 1.50. The smallest absolute Gasteiger partial charge is 0.305 e. The van der Waals surface area contributed by atoms with Crippen LogP contribution in [0.3, 0.4) is 0 Å². The van der Waals surface area contributed by atoms with Crippen LogP contribution in [0.4, 0.5) is 0 Å². The zero-order valence-corrected chi connectivity index (χ0v) is 10.9. The zero-order chi connectivity index (χ0) is 12.7.